The van der Waals surface area contributed by atoms with Crippen LogP contribution in [0.25, 0.3) is 17.4 Å². The predicted octanol–water partition coefficient (Wildman–Crippen LogP) is 5.38. The molecule has 2 aromatic rings. The molecule has 0 bridgehead atoms. The lowest BCUT2D eigenvalue weighted by Crippen LogP contribution is -2.27. The van der Waals surface area contributed by atoms with E-state index < -0.39 is 0 Å². The van der Waals surface area contributed by atoms with Gasteiger partial charge in [-0.15, -0.1) is 6.58 Å². The van der Waals surface area contributed by atoms with Gasteiger partial charge in [-0.25, -0.2) is 0 Å². The molecule has 3 nitrogen and oxygen atoms in total. The van der Waals surface area contributed by atoms with Crippen molar-refractivity contribution >= 4 is 56.6 Å². The highest BCUT2D eigenvalue weighted by Gasteiger charge is 2.15. The van der Waals surface area contributed by atoms with Gasteiger partial charge in [-0.3, -0.25) is 4.79 Å². The summed E-state index contributed by atoms with van der Waals surface area (Å²) in [5.41, 5.74) is 0.969. The molecular formula is C18H16BrNO2S2. The van der Waals surface area contributed by atoms with Gasteiger partial charge in [-0.05, 0) is 24.3 Å². The number of thioether (sulfide) groups is 1. The average Bonchev–Trinajstić information content (AvgIpc) is 3.03. The Morgan fingerprint density at radius 1 is 1.33 bits per heavy atom. The number of benzene rings is 1. The third kappa shape index (κ3) is 4.93. The molecule has 0 fully saturated rings. The number of carbonyl (C=O) groups excluding carboxylic acids is 1. The molecule has 0 aliphatic rings. The smallest absolute Gasteiger partial charge is 0.260 e. The van der Waals surface area contributed by atoms with Gasteiger partial charge in [0.15, 0.2) is 0 Å². The summed E-state index contributed by atoms with van der Waals surface area (Å²) in [6.07, 6.45) is 3.38. The van der Waals surface area contributed by atoms with Gasteiger partial charge in [0.2, 0.25) is 0 Å². The molecule has 1 heterocycles. The molecule has 1 aromatic heterocycles. The Labute approximate surface area is 159 Å². The second-order valence-corrected chi connectivity index (χ2v) is 7.27. The van der Waals surface area contributed by atoms with Crippen molar-refractivity contribution in [3.8, 4) is 11.3 Å². The normalized spacial score (nSPS) is 11.2. The van der Waals surface area contributed by atoms with E-state index >= 15 is 0 Å². The van der Waals surface area contributed by atoms with Crippen molar-refractivity contribution in [2.45, 2.75) is 0 Å². The van der Waals surface area contributed by atoms with Crippen LogP contribution in [0.4, 0.5) is 0 Å². The Hall–Kier alpha value is -1.63. The Bertz CT molecular complexity index is 766. The summed E-state index contributed by atoms with van der Waals surface area (Å²) in [6, 6.07) is 11.6. The van der Waals surface area contributed by atoms with Crippen molar-refractivity contribution < 1.29 is 9.21 Å². The van der Waals surface area contributed by atoms with Crippen molar-refractivity contribution in [3.05, 3.63) is 64.2 Å². The van der Waals surface area contributed by atoms with Crippen molar-refractivity contribution in [2.24, 2.45) is 0 Å². The van der Waals surface area contributed by atoms with E-state index in [1.54, 1.807) is 24.1 Å². The third-order valence-electron chi connectivity index (χ3n) is 3.16. The van der Waals surface area contributed by atoms with Crippen LogP contribution < -0.4 is 0 Å². The largest absolute Gasteiger partial charge is 0.457 e. The summed E-state index contributed by atoms with van der Waals surface area (Å²) in [5.74, 6) is 1.22. The van der Waals surface area contributed by atoms with Crippen LogP contribution in [0.15, 0.2) is 62.8 Å². The van der Waals surface area contributed by atoms with Crippen LogP contribution in [0.2, 0.25) is 0 Å². The van der Waals surface area contributed by atoms with E-state index in [4.69, 9.17) is 16.6 Å². The fourth-order valence-electron chi connectivity index (χ4n) is 1.99. The number of hydrogen-bond donors (Lipinski definition) is 0. The van der Waals surface area contributed by atoms with Crippen LogP contribution in [0.5, 0.6) is 0 Å². The molecule has 124 valence electrons. The molecule has 0 atom stereocenters. The van der Waals surface area contributed by atoms with Crippen LogP contribution in [-0.4, -0.2) is 29.1 Å². The minimum absolute atomic E-state index is 0.123. The zero-order valence-corrected chi connectivity index (χ0v) is 16.3. The second kappa shape index (κ2) is 9.01. The van der Waals surface area contributed by atoms with Crippen LogP contribution >= 0.6 is 39.9 Å². The summed E-state index contributed by atoms with van der Waals surface area (Å²) < 4.78 is 8.30. The standard InChI is InChI=1S/C18H16BrNO2S2/c1-3-10-20(2)18(21)17(24-12-23)11-15-8-9-16(22-15)13-4-6-14(19)7-5-13/h3-9,11-12H,1,10H2,2H3/b17-11-. The number of rotatable bonds is 7. The third-order valence-corrected chi connectivity index (χ3v) is 4.62. The van der Waals surface area contributed by atoms with Crippen LogP contribution in [0.1, 0.15) is 5.76 Å². The Morgan fingerprint density at radius 2 is 2.04 bits per heavy atom. The highest BCUT2D eigenvalue weighted by molar-refractivity contribution is 9.10. The van der Waals surface area contributed by atoms with Gasteiger partial charge in [-0.2, -0.15) is 0 Å². The van der Waals surface area contributed by atoms with Gasteiger partial charge in [0.1, 0.15) is 11.5 Å². The first-order valence-electron chi connectivity index (χ1n) is 7.09. The Kier molecular flexibility index (Phi) is 7.02. The molecule has 1 aromatic carbocycles. The minimum Gasteiger partial charge on any atom is -0.457 e. The van der Waals surface area contributed by atoms with Crippen LogP contribution in [0.3, 0.4) is 0 Å². The molecule has 2 rings (SSSR count). The molecule has 0 spiro atoms. The zero-order chi connectivity index (χ0) is 17.5. The molecule has 24 heavy (non-hydrogen) atoms. The van der Waals surface area contributed by atoms with Crippen LogP contribution in [-0.2, 0) is 4.79 Å². The first kappa shape index (κ1) is 18.7. The van der Waals surface area contributed by atoms with E-state index in [0.717, 1.165) is 15.8 Å². The second-order valence-electron chi connectivity index (χ2n) is 4.91. The van der Waals surface area contributed by atoms with E-state index in [9.17, 15) is 4.79 Å². The van der Waals surface area contributed by atoms with Gasteiger partial charge in [0.05, 0.1) is 4.91 Å². The minimum atomic E-state index is -0.123. The molecule has 0 radical (unpaired) electrons. The van der Waals surface area contributed by atoms with E-state index in [-0.39, 0.29) is 5.91 Å². The number of furan rings is 1. The van der Waals surface area contributed by atoms with Gasteiger partial charge in [-0.1, -0.05) is 58.1 Å². The maximum Gasteiger partial charge on any atom is 0.260 e. The van der Waals surface area contributed by atoms with Crippen molar-refractivity contribution in [2.75, 3.05) is 13.6 Å². The fraction of sp³-hybridized carbons (Fsp3) is 0.111. The lowest BCUT2D eigenvalue weighted by molar-refractivity contribution is -0.124. The van der Waals surface area contributed by atoms with E-state index in [1.807, 2.05) is 36.4 Å². The molecule has 1 amide bonds. The van der Waals surface area contributed by atoms with Gasteiger partial charge in [0, 0.05) is 34.4 Å². The highest BCUT2D eigenvalue weighted by atomic mass is 79.9. The first-order chi connectivity index (χ1) is 11.5. The lowest BCUT2D eigenvalue weighted by atomic mass is 10.2. The molecule has 0 unspecified atom stereocenters. The number of halogens is 1. The molecule has 0 aliphatic heterocycles. The number of thiocarbonyl (C=S) groups is 1. The quantitative estimate of drug-likeness (QED) is 0.341. The molecular weight excluding hydrogens is 406 g/mol. The summed E-state index contributed by atoms with van der Waals surface area (Å²) in [6.45, 7) is 4.11. The topological polar surface area (TPSA) is 33.5 Å². The highest BCUT2D eigenvalue weighted by Crippen LogP contribution is 2.27. The summed E-state index contributed by atoms with van der Waals surface area (Å²) in [4.78, 5) is 14.5. The first-order valence-corrected chi connectivity index (χ1v) is 9.23. The number of nitrogens with zero attached hydrogens (tertiary/aromatic N) is 1. The summed E-state index contributed by atoms with van der Waals surface area (Å²) >= 11 is 9.49. The summed E-state index contributed by atoms with van der Waals surface area (Å²) in [7, 11) is 1.72. The van der Waals surface area contributed by atoms with Crippen molar-refractivity contribution in [1.29, 1.82) is 0 Å². The predicted molar refractivity (Wildman–Crippen MR) is 109 cm³/mol. The fourth-order valence-corrected chi connectivity index (χ4v) is 3.11. The van der Waals surface area contributed by atoms with E-state index in [0.29, 0.717) is 17.2 Å². The Morgan fingerprint density at radius 3 is 2.67 bits per heavy atom. The van der Waals surface area contributed by atoms with Crippen molar-refractivity contribution in [1.82, 2.24) is 4.90 Å². The number of carbonyl (C=O) groups is 1. The van der Waals surface area contributed by atoms with E-state index in [2.05, 4.69) is 22.5 Å². The lowest BCUT2D eigenvalue weighted by Gasteiger charge is -2.15. The number of amides is 1. The maximum absolute atomic E-state index is 12.4. The van der Waals surface area contributed by atoms with Crippen molar-refractivity contribution in [3.63, 3.8) is 0 Å². The maximum atomic E-state index is 12.4. The van der Waals surface area contributed by atoms with Gasteiger partial charge in [0.25, 0.3) is 5.91 Å². The zero-order valence-electron chi connectivity index (χ0n) is 13.1. The van der Waals surface area contributed by atoms with Gasteiger partial charge < -0.3 is 9.32 Å². The van der Waals surface area contributed by atoms with Crippen LogP contribution in [0, 0.1) is 0 Å². The van der Waals surface area contributed by atoms with E-state index in [1.165, 1.54) is 16.5 Å². The monoisotopic (exact) mass is 421 g/mol. The number of likely N-dealkylation sites (N-methyl/N-ethyl adjacent to an activating group) is 1. The molecule has 0 aliphatic carbocycles. The molecule has 0 N–H and O–H groups in total. The molecule has 6 heteroatoms. The SMILES string of the molecule is C=CCN(C)C(=O)/C(=C/c1ccc(-c2ccc(Br)cc2)o1)SC=S. The molecule has 0 saturated carbocycles. The summed E-state index contributed by atoms with van der Waals surface area (Å²) in [5, 5.41) is 0. The molecule has 0 saturated heterocycles. The van der Waals surface area contributed by atoms with Gasteiger partial charge >= 0.3 is 0 Å². The number of hydrogen-bond acceptors (Lipinski definition) is 4. The average molecular weight is 422 g/mol. The Balaban J connectivity index is 2.26.